The van der Waals surface area contributed by atoms with Crippen molar-refractivity contribution in [2.24, 2.45) is 4.99 Å². The van der Waals surface area contributed by atoms with Crippen LogP contribution in [0.1, 0.15) is 11.3 Å². The minimum absolute atomic E-state index is 0.0536. The number of hydrogen-bond donors (Lipinski definition) is 1. The molecule has 0 bridgehead atoms. The fraction of sp³-hybridized carbons (Fsp3) is 0.0588. The first-order valence-corrected chi connectivity index (χ1v) is 7.09. The van der Waals surface area contributed by atoms with Gasteiger partial charge in [0.05, 0.1) is 16.8 Å². The summed E-state index contributed by atoms with van der Waals surface area (Å²) >= 11 is 0. The Morgan fingerprint density at radius 1 is 1.25 bits per heavy atom. The van der Waals surface area contributed by atoms with E-state index in [0.717, 1.165) is 11.1 Å². The zero-order valence-electron chi connectivity index (χ0n) is 12.7. The summed E-state index contributed by atoms with van der Waals surface area (Å²) in [5.41, 5.74) is 2.01. The average Bonchev–Trinajstić information content (AvgIpc) is 2.95. The summed E-state index contributed by atoms with van der Waals surface area (Å²) in [6, 6.07) is 13.5. The molecule has 0 saturated heterocycles. The highest BCUT2D eigenvalue weighted by Crippen LogP contribution is 2.27. The number of aliphatic imine (C=N–C) groups is 1. The van der Waals surface area contributed by atoms with Crippen LogP contribution in [0.15, 0.2) is 57.9 Å². The minimum Gasteiger partial charge on any atom is -0.479 e. The monoisotopic (exact) mass is 323 g/mol. The predicted octanol–water partition coefficient (Wildman–Crippen LogP) is 4.01. The number of nitrogens with zero attached hydrogens (tertiary/aromatic N) is 3. The Morgan fingerprint density at radius 3 is 2.71 bits per heavy atom. The number of aromatic nitrogens is 1. The van der Waals surface area contributed by atoms with E-state index in [2.05, 4.69) is 9.98 Å². The van der Waals surface area contributed by atoms with Gasteiger partial charge >= 0.3 is 5.95 Å². The van der Waals surface area contributed by atoms with Gasteiger partial charge in [0.2, 0.25) is 5.89 Å². The molecule has 7 nitrogen and oxygen atoms in total. The van der Waals surface area contributed by atoms with Crippen molar-refractivity contribution in [3.63, 3.8) is 0 Å². The Balaban J connectivity index is 1.92. The topological polar surface area (TPSA) is 102 Å². The summed E-state index contributed by atoms with van der Waals surface area (Å²) in [6.45, 7) is 1.79. The van der Waals surface area contributed by atoms with Crippen LogP contribution in [-0.2, 0) is 0 Å². The van der Waals surface area contributed by atoms with Gasteiger partial charge in [-0.05, 0) is 24.6 Å². The van der Waals surface area contributed by atoms with E-state index in [9.17, 15) is 15.2 Å². The summed E-state index contributed by atoms with van der Waals surface area (Å²) < 4.78 is 5.23. The molecule has 0 radical (unpaired) electrons. The van der Waals surface area contributed by atoms with Crippen LogP contribution >= 0.6 is 0 Å². The maximum absolute atomic E-state index is 10.8. The number of nitro groups is 1. The minimum atomic E-state index is -0.487. The van der Waals surface area contributed by atoms with E-state index in [1.54, 1.807) is 25.1 Å². The lowest BCUT2D eigenvalue weighted by Gasteiger charge is -1.99. The molecule has 0 unspecified atom stereocenters. The second-order valence-corrected chi connectivity index (χ2v) is 5.06. The second kappa shape index (κ2) is 6.33. The van der Waals surface area contributed by atoms with Crippen LogP contribution in [0.3, 0.4) is 0 Å². The third kappa shape index (κ3) is 3.14. The van der Waals surface area contributed by atoms with Crippen molar-refractivity contribution in [3.05, 3.63) is 69.9 Å². The molecule has 2 aromatic carbocycles. The molecule has 0 atom stereocenters. The number of aryl methyl sites for hydroxylation is 1. The lowest BCUT2D eigenvalue weighted by atomic mass is 10.2. The third-order valence-corrected chi connectivity index (χ3v) is 3.38. The molecular formula is C17H13N3O4. The molecule has 0 aliphatic carbocycles. The van der Waals surface area contributed by atoms with E-state index in [0.29, 0.717) is 5.69 Å². The SMILES string of the molecule is Cc1ccc([N+](=O)[O-])cc1N=Cc1nc(-c2ccccc2)oc1O. The molecule has 1 aromatic heterocycles. The van der Waals surface area contributed by atoms with E-state index in [4.69, 9.17) is 4.42 Å². The molecule has 7 heteroatoms. The highest BCUT2D eigenvalue weighted by Gasteiger charge is 2.13. The van der Waals surface area contributed by atoms with Gasteiger partial charge in [0.1, 0.15) is 0 Å². The number of non-ortho nitro benzene ring substituents is 1. The van der Waals surface area contributed by atoms with Gasteiger partial charge < -0.3 is 9.52 Å². The summed E-state index contributed by atoms with van der Waals surface area (Å²) in [7, 11) is 0. The van der Waals surface area contributed by atoms with Crippen LogP contribution in [0.4, 0.5) is 11.4 Å². The first kappa shape index (κ1) is 15.4. The Labute approximate surface area is 137 Å². The van der Waals surface area contributed by atoms with Gasteiger partial charge in [-0.15, -0.1) is 0 Å². The molecule has 0 fully saturated rings. The molecular weight excluding hydrogens is 310 g/mol. The van der Waals surface area contributed by atoms with Crippen molar-refractivity contribution in [2.75, 3.05) is 0 Å². The number of hydrogen-bond acceptors (Lipinski definition) is 6. The molecule has 0 aliphatic heterocycles. The van der Waals surface area contributed by atoms with Crippen LogP contribution in [0.5, 0.6) is 5.95 Å². The Morgan fingerprint density at radius 2 is 2.00 bits per heavy atom. The van der Waals surface area contributed by atoms with E-state index in [-0.39, 0.29) is 23.2 Å². The van der Waals surface area contributed by atoms with Crippen molar-refractivity contribution in [1.29, 1.82) is 0 Å². The maximum Gasteiger partial charge on any atom is 0.312 e. The first-order valence-electron chi connectivity index (χ1n) is 7.09. The quantitative estimate of drug-likeness (QED) is 0.444. The summed E-state index contributed by atoms with van der Waals surface area (Å²) in [4.78, 5) is 18.7. The highest BCUT2D eigenvalue weighted by atomic mass is 16.6. The fourth-order valence-corrected chi connectivity index (χ4v) is 2.09. The molecule has 3 aromatic rings. The largest absolute Gasteiger partial charge is 0.479 e. The predicted molar refractivity (Wildman–Crippen MR) is 88.7 cm³/mol. The van der Waals surface area contributed by atoms with E-state index < -0.39 is 4.92 Å². The van der Waals surface area contributed by atoms with Crippen molar-refractivity contribution in [1.82, 2.24) is 4.98 Å². The van der Waals surface area contributed by atoms with Crippen LogP contribution in [0, 0.1) is 17.0 Å². The van der Waals surface area contributed by atoms with Crippen LogP contribution in [0.2, 0.25) is 0 Å². The standard InChI is InChI=1S/C17H13N3O4/c1-11-7-8-13(20(22)23)9-14(11)18-10-15-17(21)24-16(19-15)12-5-3-2-4-6-12/h2-10,21H,1H3. The summed E-state index contributed by atoms with van der Waals surface area (Å²) in [5.74, 6) is -0.0917. The number of benzene rings is 2. The number of aromatic hydroxyl groups is 1. The molecule has 1 heterocycles. The Bertz CT molecular complexity index is 917. The molecule has 0 aliphatic rings. The zero-order chi connectivity index (χ0) is 17.1. The molecule has 0 spiro atoms. The molecule has 3 rings (SSSR count). The second-order valence-electron chi connectivity index (χ2n) is 5.06. The van der Waals surface area contributed by atoms with E-state index in [1.165, 1.54) is 18.3 Å². The van der Waals surface area contributed by atoms with E-state index >= 15 is 0 Å². The van der Waals surface area contributed by atoms with Crippen molar-refractivity contribution in [2.45, 2.75) is 6.92 Å². The lowest BCUT2D eigenvalue weighted by molar-refractivity contribution is -0.384. The van der Waals surface area contributed by atoms with Gasteiger partial charge in [0.25, 0.3) is 5.69 Å². The zero-order valence-corrected chi connectivity index (χ0v) is 12.7. The smallest absolute Gasteiger partial charge is 0.312 e. The summed E-state index contributed by atoms with van der Waals surface area (Å²) in [6.07, 6.45) is 1.32. The average molecular weight is 323 g/mol. The maximum atomic E-state index is 10.8. The molecule has 1 N–H and O–H groups in total. The summed E-state index contributed by atoms with van der Waals surface area (Å²) in [5, 5.41) is 20.7. The normalized spacial score (nSPS) is 11.0. The molecule has 0 saturated carbocycles. The van der Waals surface area contributed by atoms with Gasteiger partial charge in [-0.2, -0.15) is 0 Å². The van der Waals surface area contributed by atoms with E-state index in [1.807, 2.05) is 18.2 Å². The van der Waals surface area contributed by atoms with Gasteiger partial charge in [0, 0.05) is 17.7 Å². The highest BCUT2D eigenvalue weighted by molar-refractivity contribution is 5.83. The molecule has 24 heavy (non-hydrogen) atoms. The van der Waals surface area contributed by atoms with Crippen molar-refractivity contribution >= 4 is 17.6 Å². The Hall–Kier alpha value is -3.48. The van der Waals surface area contributed by atoms with Crippen molar-refractivity contribution in [3.8, 4) is 17.4 Å². The van der Waals surface area contributed by atoms with Crippen LogP contribution in [-0.4, -0.2) is 21.2 Å². The number of oxazole rings is 1. The number of nitro benzene ring substituents is 1. The first-order chi connectivity index (χ1) is 11.5. The van der Waals surface area contributed by atoms with Crippen LogP contribution < -0.4 is 0 Å². The van der Waals surface area contributed by atoms with Gasteiger partial charge in [-0.25, -0.2) is 4.98 Å². The van der Waals surface area contributed by atoms with Crippen LogP contribution in [0.25, 0.3) is 11.5 Å². The number of rotatable bonds is 4. The molecule has 0 amide bonds. The third-order valence-electron chi connectivity index (χ3n) is 3.38. The lowest BCUT2D eigenvalue weighted by Crippen LogP contribution is -1.88. The van der Waals surface area contributed by atoms with Gasteiger partial charge in [-0.3, -0.25) is 15.1 Å². The van der Waals surface area contributed by atoms with Crippen molar-refractivity contribution < 1.29 is 14.4 Å². The fourth-order valence-electron chi connectivity index (χ4n) is 2.09. The van der Waals surface area contributed by atoms with Gasteiger partial charge in [0.15, 0.2) is 5.69 Å². The van der Waals surface area contributed by atoms with Gasteiger partial charge in [-0.1, -0.05) is 24.3 Å². The Kier molecular flexibility index (Phi) is 4.07. The molecule has 120 valence electrons.